The summed E-state index contributed by atoms with van der Waals surface area (Å²) >= 11 is 0. The Morgan fingerprint density at radius 1 is 1.64 bits per heavy atom. The molecule has 0 aliphatic carbocycles. The summed E-state index contributed by atoms with van der Waals surface area (Å²) in [6.07, 6.45) is 1.53. The number of nitrogen functional groups attached to an aromatic ring is 1. The third-order valence-corrected chi connectivity index (χ3v) is 1.62. The van der Waals surface area contributed by atoms with Crippen molar-refractivity contribution in [3.05, 3.63) is 23.4 Å². The molecule has 0 atom stereocenters. The van der Waals surface area contributed by atoms with Crippen LogP contribution in [0, 0.1) is 18.8 Å². The van der Waals surface area contributed by atoms with Crippen molar-refractivity contribution in [2.75, 3.05) is 12.8 Å². The molecule has 2 N–H and O–H groups in total. The van der Waals surface area contributed by atoms with E-state index in [1.807, 2.05) is 6.92 Å². The molecule has 0 saturated heterocycles. The number of aryl methyl sites for hydroxylation is 1. The highest BCUT2D eigenvalue weighted by molar-refractivity contribution is 5.89. The molecule has 1 aromatic heterocycles. The SMILES string of the molecule is COC(=O)C#Cc1cnc(N)cc1C. The number of nitrogens with zero attached hydrogens (tertiary/aromatic N) is 1. The largest absolute Gasteiger partial charge is 0.459 e. The van der Waals surface area contributed by atoms with Crippen molar-refractivity contribution in [2.45, 2.75) is 6.92 Å². The predicted molar refractivity (Wildman–Crippen MR) is 52.3 cm³/mol. The lowest BCUT2D eigenvalue weighted by molar-refractivity contribution is -0.133. The van der Waals surface area contributed by atoms with Crippen LogP contribution in [0.2, 0.25) is 0 Å². The minimum atomic E-state index is -0.568. The molecule has 0 saturated carbocycles. The van der Waals surface area contributed by atoms with E-state index >= 15 is 0 Å². The second-order valence-electron chi connectivity index (χ2n) is 2.67. The van der Waals surface area contributed by atoms with E-state index in [1.165, 1.54) is 13.3 Å². The fourth-order valence-electron chi connectivity index (χ4n) is 0.878. The van der Waals surface area contributed by atoms with E-state index in [4.69, 9.17) is 5.73 Å². The predicted octanol–water partition coefficient (Wildman–Crippen LogP) is 0.497. The van der Waals surface area contributed by atoms with Crippen molar-refractivity contribution in [1.82, 2.24) is 4.98 Å². The molecule has 4 nitrogen and oxygen atoms in total. The Bertz CT molecular complexity index is 416. The fourth-order valence-corrected chi connectivity index (χ4v) is 0.878. The molecule has 0 bridgehead atoms. The van der Waals surface area contributed by atoms with Gasteiger partial charge in [-0.25, -0.2) is 9.78 Å². The number of anilines is 1. The monoisotopic (exact) mass is 190 g/mol. The van der Waals surface area contributed by atoms with Gasteiger partial charge in [-0.05, 0) is 18.6 Å². The lowest BCUT2D eigenvalue weighted by Crippen LogP contribution is -1.96. The summed E-state index contributed by atoms with van der Waals surface area (Å²) in [4.78, 5) is 14.6. The number of aromatic nitrogens is 1. The molecule has 0 aromatic carbocycles. The first kappa shape index (κ1) is 10.1. The van der Waals surface area contributed by atoms with Gasteiger partial charge in [0.1, 0.15) is 5.82 Å². The van der Waals surface area contributed by atoms with Crippen LogP contribution in [0.25, 0.3) is 0 Å². The maximum Gasteiger partial charge on any atom is 0.384 e. The molecular weight excluding hydrogens is 180 g/mol. The number of hydrogen-bond donors (Lipinski definition) is 1. The third kappa shape index (κ3) is 2.49. The summed E-state index contributed by atoms with van der Waals surface area (Å²) in [6.45, 7) is 1.85. The molecule has 4 heteroatoms. The summed E-state index contributed by atoms with van der Waals surface area (Å²) in [5, 5.41) is 0. The van der Waals surface area contributed by atoms with Crippen molar-refractivity contribution >= 4 is 11.8 Å². The van der Waals surface area contributed by atoms with E-state index < -0.39 is 5.97 Å². The fraction of sp³-hybridized carbons (Fsp3) is 0.200. The molecule has 0 amide bonds. The van der Waals surface area contributed by atoms with Crippen molar-refractivity contribution in [2.24, 2.45) is 0 Å². The van der Waals surface area contributed by atoms with Gasteiger partial charge < -0.3 is 10.5 Å². The minimum absolute atomic E-state index is 0.436. The van der Waals surface area contributed by atoms with Crippen LogP contribution in [-0.4, -0.2) is 18.1 Å². The lowest BCUT2D eigenvalue weighted by atomic mass is 10.1. The molecule has 1 aromatic rings. The Morgan fingerprint density at radius 3 is 2.93 bits per heavy atom. The van der Waals surface area contributed by atoms with Gasteiger partial charge in [0.05, 0.1) is 7.11 Å². The summed E-state index contributed by atoms with van der Waals surface area (Å²) in [5.74, 6) is 4.83. The van der Waals surface area contributed by atoms with Crippen LogP contribution in [0.1, 0.15) is 11.1 Å². The van der Waals surface area contributed by atoms with E-state index in [2.05, 4.69) is 21.6 Å². The number of nitrogens with two attached hydrogens (primary N) is 1. The number of carbonyl (C=O) groups excluding carboxylic acids is 1. The Labute approximate surface area is 82.1 Å². The van der Waals surface area contributed by atoms with Gasteiger partial charge in [-0.2, -0.15) is 0 Å². The van der Waals surface area contributed by atoms with Gasteiger partial charge in [0.15, 0.2) is 0 Å². The molecule has 1 heterocycles. The molecule has 0 fully saturated rings. The molecule has 0 radical (unpaired) electrons. The molecular formula is C10H10N2O2. The van der Waals surface area contributed by atoms with Crippen LogP contribution >= 0.6 is 0 Å². The lowest BCUT2D eigenvalue weighted by Gasteiger charge is -1.97. The zero-order valence-electron chi connectivity index (χ0n) is 8.00. The number of rotatable bonds is 0. The number of carbonyl (C=O) groups is 1. The van der Waals surface area contributed by atoms with Crippen LogP contribution in [-0.2, 0) is 9.53 Å². The molecule has 0 aliphatic heterocycles. The molecule has 72 valence electrons. The number of pyridine rings is 1. The van der Waals surface area contributed by atoms with E-state index in [0.29, 0.717) is 11.4 Å². The zero-order chi connectivity index (χ0) is 10.6. The van der Waals surface area contributed by atoms with Gasteiger partial charge in [-0.3, -0.25) is 0 Å². The average molecular weight is 190 g/mol. The highest BCUT2D eigenvalue weighted by atomic mass is 16.5. The summed E-state index contributed by atoms with van der Waals surface area (Å²) < 4.78 is 4.38. The Kier molecular flexibility index (Phi) is 3.08. The molecule has 14 heavy (non-hydrogen) atoms. The minimum Gasteiger partial charge on any atom is -0.459 e. The van der Waals surface area contributed by atoms with Gasteiger partial charge >= 0.3 is 5.97 Å². The summed E-state index contributed by atoms with van der Waals surface area (Å²) in [7, 11) is 1.28. The highest BCUT2D eigenvalue weighted by Gasteiger charge is 1.96. The van der Waals surface area contributed by atoms with E-state index in [1.54, 1.807) is 6.07 Å². The summed E-state index contributed by atoms with van der Waals surface area (Å²) in [5.41, 5.74) is 7.01. The topological polar surface area (TPSA) is 65.2 Å². The number of ether oxygens (including phenoxy) is 1. The van der Waals surface area contributed by atoms with Crippen molar-refractivity contribution < 1.29 is 9.53 Å². The van der Waals surface area contributed by atoms with E-state index in [-0.39, 0.29) is 0 Å². The van der Waals surface area contributed by atoms with Crippen molar-refractivity contribution in [3.8, 4) is 11.8 Å². The first-order valence-electron chi connectivity index (χ1n) is 3.95. The first-order valence-corrected chi connectivity index (χ1v) is 3.95. The summed E-state index contributed by atoms with van der Waals surface area (Å²) in [6, 6.07) is 1.70. The van der Waals surface area contributed by atoms with Crippen LogP contribution < -0.4 is 5.73 Å². The standard InChI is InChI=1S/C10H10N2O2/c1-7-5-9(11)12-6-8(7)3-4-10(13)14-2/h5-6H,1-2H3,(H2,11,12). The third-order valence-electron chi connectivity index (χ3n) is 1.62. The normalized spacial score (nSPS) is 8.71. The van der Waals surface area contributed by atoms with Gasteiger partial charge in [-0.15, -0.1) is 0 Å². The maximum absolute atomic E-state index is 10.7. The van der Waals surface area contributed by atoms with Gasteiger partial charge in [0, 0.05) is 17.7 Å². The second-order valence-corrected chi connectivity index (χ2v) is 2.67. The van der Waals surface area contributed by atoms with Crippen LogP contribution in [0.3, 0.4) is 0 Å². The van der Waals surface area contributed by atoms with Gasteiger partial charge in [0.25, 0.3) is 0 Å². The molecule has 0 unspecified atom stereocenters. The molecule has 1 rings (SSSR count). The Morgan fingerprint density at radius 2 is 2.36 bits per heavy atom. The van der Waals surface area contributed by atoms with E-state index in [0.717, 1.165) is 5.56 Å². The highest BCUT2D eigenvalue weighted by Crippen LogP contribution is 2.07. The smallest absolute Gasteiger partial charge is 0.384 e. The van der Waals surface area contributed by atoms with Crippen molar-refractivity contribution in [3.63, 3.8) is 0 Å². The molecule has 0 spiro atoms. The van der Waals surface area contributed by atoms with Crippen molar-refractivity contribution in [1.29, 1.82) is 0 Å². The van der Waals surface area contributed by atoms with Crippen LogP contribution in [0.5, 0.6) is 0 Å². The Hall–Kier alpha value is -2.02. The number of hydrogen-bond acceptors (Lipinski definition) is 4. The average Bonchev–Trinajstić information content (AvgIpc) is 2.16. The number of esters is 1. The van der Waals surface area contributed by atoms with Gasteiger partial charge in [-0.1, -0.05) is 5.92 Å². The van der Waals surface area contributed by atoms with Crippen LogP contribution in [0.4, 0.5) is 5.82 Å². The zero-order valence-corrected chi connectivity index (χ0v) is 8.00. The van der Waals surface area contributed by atoms with Gasteiger partial charge in [0.2, 0.25) is 0 Å². The second kappa shape index (κ2) is 4.28. The quantitative estimate of drug-likeness (QED) is 0.478. The maximum atomic E-state index is 10.7. The van der Waals surface area contributed by atoms with Crippen LogP contribution in [0.15, 0.2) is 12.3 Å². The number of methoxy groups -OCH3 is 1. The first-order chi connectivity index (χ1) is 6.63. The van der Waals surface area contributed by atoms with E-state index in [9.17, 15) is 4.79 Å². The Balaban J connectivity index is 2.96. The molecule has 0 aliphatic rings.